The Labute approximate surface area is 245 Å². The van der Waals surface area contributed by atoms with Gasteiger partial charge in [-0.25, -0.2) is 0 Å². The average Bonchev–Trinajstić information content (AvgIpc) is 3.25. The number of halogens is 1. The maximum absolute atomic E-state index is 13.2. The Bertz CT molecular complexity index is 1390. The minimum atomic E-state index is -0.292. The molecule has 1 saturated heterocycles. The number of amides is 3. The SMILES string of the molecule is NC1CCC(NC(=O)c2ccc(N3CCCN(C(=O)c4cccc(Cl)c4)CC3)c(NC(=O)c3ccncc3)c2)CC1. The number of aromatic nitrogens is 1. The molecule has 2 heterocycles. The van der Waals surface area contributed by atoms with Crippen molar-refractivity contribution in [2.45, 2.75) is 44.2 Å². The molecule has 2 aromatic carbocycles. The molecular formula is C31H35ClN6O3. The summed E-state index contributed by atoms with van der Waals surface area (Å²) < 4.78 is 0. The third-order valence-electron chi connectivity index (χ3n) is 7.75. The first-order valence-corrected chi connectivity index (χ1v) is 14.5. The third kappa shape index (κ3) is 7.23. The van der Waals surface area contributed by atoms with Crippen molar-refractivity contribution in [2.75, 3.05) is 36.4 Å². The van der Waals surface area contributed by atoms with Gasteiger partial charge >= 0.3 is 0 Å². The first-order chi connectivity index (χ1) is 19.9. The van der Waals surface area contributed by atoms with Crippen LogP contribution < -0.4 is 21.3 Å². The largest absolute Gasteiger partial charge is 0.368 e. The summed E-state index contributed by atoms with van der Waals surface area (Å²) in [5.74, 6) is -0.526. The van der Waals surface area contributed by atoms with Crippen molar-refractivity contribution >= 4 is 40.7 Å². The van der Waals surface area contributed by atoms with Gasteiger partial charge in [0, 0.05) is 72.4 Å². The smallest absolute Gasteiger partial charge is 0.255 e. The van der Waals surface area contributed by atoms with Gasteiger partial charge < -0.3 is 26.2 Å². The number of anilines is 2. The first kappa shape index (κ1) is 28.6. The van der Waals surface area contributed by atoms with Crippen LogP contribution in [-0.4, -0.2) is 65.9 Å². The molecule has 214 valence electrons. The molecule has 4 N–H and O–H groups in total. The Hall–Kier alpha value is -3.95. The molecule has 0 unspecified atom stereocenters. The second-order valence-corrected chi connectivity index (χ2v) is 11.1. The van der Waals surface area contributed by atoms with Crippen LogP contribution in [0.1, 0.15) is 63.2 Å². The zero-order chi connectivity index (χ0) is 28.8. The van der Waals surface area contributed by atoms with Gasteiger partial charge in [0.2, 0.25) is 0 Å². The lowest BCUT2D eigenvalue weighted by Crippen LogP contribution is -2.40. The molecule has 1 aliphatic heterocycles. The number of hydrogen-bond acceptors (Lipinski definition) is 6. The Morgan fingerprint density at radius 1 is 0.829 bits per heavy atom. The Kier molecular flexibility index (Phi) is 9.16. The summed E-state index contributed by atoms with van der Waals surface area (Å²) in [5, 5.41) is 6.67. The van der Waals surface area contributed by atoms with Gasteiger partial charge in [0.1, 0.15) is 0 Å². The van der Waals surface area contributed by atoms with E-state index < -0.39 is 0 Å². The topological polar surface area (TPSA) is 121 Å². The number of rotatable bonds is 6. The zero-order valence-corrected chi connectivity index (χ0v) is 23.6. The summed E-state index contributed by atoms with van der Waals surface area (Å²) in [6, 6.07) is 16.0. The van der Waals surface area contributed by atoms with E-state index in [1.165, 1.54) is 0 Å². The van der Waals surface area contributed by atoms with E-state index in [0.717, 1.165) is 37.8 Å². The molecule has 1 aliphatic carbocycles. The Morgan fingerprint density at radius 2 is 1.61 bits per heavy atom. The van der Waals surface area contributed by atoms with E-state index in [2.05, 4.69) is 20.5 Å². The summed E-state index contributed by atoms with van der Waals surface area (Å²) >= 11 is 6.11. The van der Waals surface area contributed by atoms with E-state index in [9.17, 15) is 14.4 Å². The molecule has 0 spiro atoms. The van der Waals surface area contributed by atoms with Crippen LogP contribution in [0, 0.1) is 0 Å². The van der Waals surface area contributed by atoms with Crippen LogP contribution in [0.4, 0.5) is 11.4 Å². The molecule has 0 radical (unpaired) electrons. The van der Waals surface area contributed by atoms with E-state index >= 15 is 0 Å². The van der Waals surface area contributed by atoms with Crippen LogP contribution in [0.25, 0.3) is 0 Å². The van der Waals surface area contributed by atoms with E-state index in [0.29, 0.717) is 53.6 Å². The molecule has 10 heteroatoms. The highest BCUT2D eigenvalue weighted by Gasteiger charge is 2.25. The fourth-order valence-corrected chi connectivity index (χ4v) is 5.64. The van der Waals surface area contributed by atoms with Crippen molar-refractivity contribution in [2.24, 2.45) is 5.73 Å². The van der Waals surface area contributed by atoms with Crippen LogP contribution in [0.5, 0.6) is 0 Å². The van der Waals surface area contributed by atoms with Crippen molar-refractivity contribution in [3.63, 3.8) is 0 Å². The van der Waals surface area contributed by atoms with Gasteiger partial charge in [-0.1, -0.05) is 17.7 Å². The van der Waals surface area contributed by atoms with Gasteiger partial charge in [0.05, 0.1) is 11.4 Å². The van der Waals surface area contributed by atoms with Crippen LogP contribution in [-0.2, 0) is 0 Å². The first-order valence-electron chi connectivity index (χ1n) is 14.1. The summed E-state index contributed by atoms with van der Waals surface area (Å²) in [7, 11) is 0. The van der Waals surface area contributed by atoms with Gasteiger partial charge in [-0.2, -0.15) is 0 Å². The van der Waals surface area contributed by atoms with Gasteiger partial charge in [-0.15, -0.1) is 0 Å². The second-order valence-electron chi connectivity index (χ2n) is 10.7. The maximum atomic E-state index is 13.2. The number of nitrogens with two attached hydrogens (primary N) is 1. The van der Waals surface area contributed by atoms with E-state index in [1.807, 2.05) is 11.0 Å². The van der Waals surface area contributed by atoms with Crippen LogP contribution >= 0.6 is 11.6 Å². The van der Waals surface area contributed by atoms with E-state index in [4.69, 9.17) is 17.3 Å². The Balaban J connectivity index is 1.35. The molecule has 1 saturated carbocycles. The normalized spacial score (nSPS) is 19.3. The van der Waals surface area contributed by atoms with Crippen molar-refractivity contribution in [3.05, 3.63) is 88.7 Å². The number of benzene rings is 2. The molecule has 0 bridgehead atoms. The summed E-state index contributed by atoms with van der Waals surface area (Å²) in [5.41, 5.74) is 8.86. The lowest BCUT2D eigenvalue weighted by Gasteiger charge is -2.28. The summed E-state index contributed by atoms with van der Waals surface area (Å²) in [4.78, 5) is 47.5. The second kappa shape index (κ2) is 13.1. The fraction of sp³-hybridized carbons (Fsp3) is 0.355. The number of nitrogens with zero attached hydrogens (tertiary/aromatic N) is 3. The molecule has 9 nitrogen and oxygen atoms in total. The number of pyridine rings is 1. The van der Waals surface area contributed by atoms with Gasteiger partial charge in [0.25, 0.3) is 17.7 Å². The van der Waals surface area contributed by atoms with Crippen molar-refractivity contribution in [3.8, 4) is 0 Å². The average molecular weight is 575 g/mol. The minimum Gasteiger partial charge on any atom is -0.368 e. The molecule has 1 aromatic heterocycles. The highest BCUT2D eigenvalue weighted by molar-refractivity contribution is 6.31. The number of hydrogen-bond donors (Lipinski definition) is 3. The van der Waals surface area contributed by atoms with Crippen LogP contribution in [0.3, 0.4) is 0 Å². The molecule has 5 rings (SSSR count). The van der Waals surface area contributed by atoms with Crippen molar-refractivity contribution in [1.29, 1.82) is 0 Å². The number of carbonyl (C=O) groups excluding carboxylic acids is 3. The standard InChI is InChI=1S/C31H35ClN6O3/c32-24-4-1-3-23(19-24)31(41)38-16-2-15-37(17-18-38)28-10-5-22(30(40)35-26-8-6-25(33)7-9-26)20-27(28)36-29(39)21-11-13-34-14-12-21/h1,3-5,10-14,19-20,25-26H,2,6-9,15-18,33H2,(H,35,40)(H,36,39). The predicted octanol–water partition coefficient (Wildman–Crippen LogP) is 4.34. The quantitative estimate of drug-likeness (QED) is 0.403. The molecule has 3 aromatic rings. The lowest BCUT2D eigenvalue weighted by molar-refractivity contribution is 0.0766. The molecule has 0 atom stereocenters. The lowest BCUT2D eigenvalue weighted by atomic mass is 9.91. The number of nitrogens with one attached hydrogen (secondary N) is 2. The highest BCUT2D eigenvalue weighted by Crippen LogP contribution is 2.30. The highest BCUT2D eigenvalue weighted by atomic mass is 35.5. The molecule has 41 heavy (non-hydrogen) atoms. The summed E-state index contributed by atoms with van der Waals surface area (Å²) in [6.45, 7) is 2.37. The minimum absolute atomic E-state index is 0.0590. The number of carbonyl (C=O) groups is 3. The maximum Gasteiger partial charge on any atom is 0.255 e. The van der Waals surface area contributed by atoms with Gasteiger partial charge in [-0.05, 0) is 80.6 Å². The molecule has 2 fully saturated rings. The van der Waals surface area contributed by atoms with Gasteiger partial charge in [0.15, 0.2) is 0 Å². The van der Waals surface area contributed by atoms with E-state index in [1.54, 1.807) is 60.9 Å². The van der Waals surface area contributed by atoms with Crippen LogP contribution in [0.15, 0.2) is 67.0 Å². The predicted molar refractivity (Wildman–Crippen MR) is 161 cm³/mol. The fourth-order valence-electron chi connectivity index (χ4n) is 5.45. The molecule has 2 aliphatic rings. The summed E-state index contributed by atoms with van der Waals surface area (Å²) in [6.07, 6.45) is 7.37. The zero-order valence-electron chi connectivity index (χ0n) is 22.9. The monoisotopic (exact) mass is 574 g/mol. The van der Waals surface area contributed by atoms with Crippen molar-refractivity contribution in [1.82, 2.24) is 15.2 Å². The molecule has 3 amide bonds. The van der Waals surface area contributed by atoms with Gasteiger partial charge in [-0.3, -0.25) is 19.4 Å². The Morgan fingerprint density at radius 3 is 2.37 bits per heavy atom. The molecular weight excluding hydrogens is 540 g/mol. The third-order valence-corrected chi connectivity index (χ3v) is 7.99. The van der Waals surface area contributed by atoms with Crippen molar-refractivity contribution < 1.29 is 14.4 Å². The van der Waals surface area contributed by atoms with E-state index in [-0.39, 0.29) is 29.8 Å². The van der Waals surface area contributed by atoms with Crippen LogP contribution in [0.2, 0.25) is 5.02 Å².